The number of pyridine rings is 1. The van der Waals surface area contributed by atoms with Gasteiger partial charge in [0.05, 0.1) is 31.0 Å². The summed E-state index contributed by atoms with van der Waals surface area (Å²) in [6, 6.07) is 12.9. The first-order valence-corrected chi connectivity index (χ1v) is 10.9. The number of carbonyl (C=O) groups is 1. The third-order valence-electron chi connectivity index (χ3n) is 5.82. The van der Waals surface area contributed by atoms with Gasteiger partial charge >= 0.3 is 6.03 Å². The van der Waals surface area contributed by atoms with Gasteiger partial charge in [0.25, 0.3) is 5.56 Å². The molecule has 32 heavy (non-hydrogen) atoms. The molecule has 168 valence electrons. The molecule has 4 rings (SSSR count). The van der Waals surface area contributed by atoms with Gasteiger partial charge in [-0.05, 0) is 61.9 Å². The molecule has 1 aromatic heterocycles. The van der Waals surface area contributed by atoms with E-state index in [1.165, 1.54) is 0 Å². The van der Waals surface area contributed by atoms with Crippen molar-refractivity contribution < 1.29 is 14.3 Å². The lowest BCUT2D eigenvalue weighted by Gasteiger charge is -2.26. The molecule has 7 heteroatoms. The summed E-state index contributed by atoms with van der Waals surface area (Å²) in [5, 5.41) is 3.88. The summed E-state index contributed by atoms with van der Waals surface area (Å²) in [6.07, 6.45) is 1.83. The lowest BCUT2D eigenvalue weighted by Crippen LogP contribution is -2.40. The molecule has 2 N–H and O–H groups in total. The second-order valence-electron chi connectivity index (χ2n) is 8.32. The van der Waals surface area contributed by atoms with Crippen LogP contribution in [0.15, 0.2) is 47.3 Å². The molecule has 0 bridgehead atoms. The number of nitrogens with one attached hydrogen (secondary N) is 2. The number of amides is 2. The number of rotatable bonds is 6. The van der Waals surface area contributed by atoms with Crippen LogP contribution < -0.4 is 15.6 Å². The molecule has 7 nitrogen and oxygen atoms in total. The molecular weight excluding hydrogens is 406 g/mol. The Bertz CT molecular complexity index is 1180. The van der Waals surface area contributed by atoms with Crippen molar-refractivity contribution in [1.82, 2.24) is 9.88 Å². The fourth-order valence-electron chi connectivity index (χ4n) is 4.25. The topological polar surface area (TPSA) is 83.7 Å². The van der Waals surface area contributed by atoms with Crippen LogP contribution in [0.25, 0.3) is 10.9 Å². The molecule has 0 saturated carbocycles. The van der Waals surface area contributed by atoms with Crippen molar-refractivity contribution in [2.24, 2.45) is 0 Å². The van der Waals surface area contributed by atoms with Crippen LogP contribution in [0.5, 0.6) is 5.75 Å². The van der Waals surface area contributed by atoms with Crippen LogP contribution >= 0.6 is 0 Å². The molecule has 1 saturated heterocycles. The Kier molecular flexibility index (Phi) is 6.46. The van der Waals surface area contributed by atoms with Crippen LogP contribution in [0.4, 0.5) is 10.5 Å². The van der Waals surface area contributed by atoms with Gasteiger partial charge in [-0.1, -0.05) is 23.8 Å². The number of carbonyl (C=O) groups excluding carboxylic acids is 1. The van der Waals surface area contributed by atoms with E-state index in [2.05, 4.69) is 10.3 Å². The Morgan fingerprint density at radius 2 is 2.06 bits per heavy atom. The van der Waals surface area contributed by atoms with Crippen molar-refractivity contribution in [1.29, 1.82) is 0 Å². The standard InChI is InChI=1S/C25H29N3O4/c1-16-11-17(2)23-18(12-16)13-19(24(29)27-23)14-28(15-20-7-6-10-32-20)25(30)26-21-8-4-5-9-22(21)31-3/h4-5,8-9,11-13,20H,6-7,10,14-15H2,1-3H3,(H,26,30)(H,27,29). The average molecular weight is 436 g/mol. The highest BCUT2D eigenvalue weighted by molar-refractivity contribution is 5.91. The molecule has 1 aliphatic rings. The van der Waals surface area contributed by atoms with Gasteiger partial charge in [-0.2, -0.15) is 0 Å². The first kappa shape index (κ1) is 21.9. The van der Waals surface area contributed by atoms with E-state index >= 15 is 0 Å². The molecule has 0 aliphatic carbocycles. The first-order chi connectivity index (χ1) is 15.4. The molecule has 2 aromatic carbocycles. The predicted molar refractivity (Wildman–Crippen MR) is 125 cm³/mol. The Labute approximate surface area is 187 Å². The van der Waals surface area contributed by atoms with Crippen molar-refractivity contribution >= 4 is 22.6 Å². The summed E-state index contributed by atoms with van der Waals surface area (Å²) in [6.45, 7) is 5.29. The van der Waals surface area contributed by atoms with Gasteiger partial charge in [0.1, 0.15) is 5.75 Å². The number of ether oxygens (including phenoxy) is 2. The van der Waals surface area contributed by atoms with Crippen molar-refractivity contribution in [3.05, 3.63) is 69.5 Å². The van der Waals surface area contributed by atoms with Gasteiger partial charge in [0.15, 0.2) is 0 Å². The highest BCUT2D eigenvalue weighted by atomic mass is 16.5. The lowest BCUT2D eigenvalue weighted by atomic mass is 10.1. The van der Waals surface area contributed by atoms with E-state index in [9.17, 15) is 9.59 Å². The number of nitrogens with zero attached hydrogens (tertiary/aromatic N) is 1. The van der Waals surface area contributed by atoms with Gasteiger partial charge in [0, 0.05) is 18.7 Å². The summed E-state index contributed by atoms with van der Waals surface area (Å²) in [5.74, 6) is 0.576. The summed E-state index contributed by atoms with van der Waals surface area (Å²) in [4.78, 5) is 30.7. The van der Waals surface area contributed by atoms with E-state index < -0.39 is 0 Å². The van der Waals surface area contributed by atoms with E-state index in [0.29, 0.717) is 30.2 Å². The number of hydrogen-bond donors (Lipinski definition) is 2. The second kappa shape index (κ2) is 9.44. The maximum Gasteiger partial charge on any atom is 0.322 e. The number of para-hydroxylation sites is 2. The van der Waals surface area contributed by atoms with Crippen molar-refractivity contribution in [2.45, 2.75) is 39.3 Å². The van der Waals surface area contributed by atoms with Crippen LogP contribution in [0.3, 0.4) is 0 Å². The van der Waals surface area contributed by atoms with E-state index in [0.717, 1.165) is 34.9 Å². The van der Waals surface area contributed by atoms with Crippen LogP contribution in [0, 0.1) is 13.8 Å². The minimum absolute atomic E-state index is 0.0394. The molecule has 1 aliphatic heterocycles. The van der Waals surface area contributed by atoms with Crippen LogP contribution in [-0.2, 0) is 11.3 Å². The van der Waals surface area contributed by atoms with Crippen LogP contribution in [0.1, 0.15) is 29.5 Å². The Hall–Kier alpha value is -3.32. The fraction of sp³-hybridized carbons (Fsp3) is 0.360. The minimum Gasteiger partial charge on any atom is -0.495 e. The lowest BCUT2D eigenvalue weighted by molar-refractivity contribution is 0.0818. The number of aromatic nitrogens is 1. The zero-order valence-electron chi connectivity index (χ0n) is 18.7. The molecule has 0 spiro atoms. The van der Waals surface area contributed by atoms with Crippen molar-refractivity contribution in [3.8, 4) is 5.75 Å². The van der Waals surface area contributed by atoms with E-state index in [1.807, 2.05) is 44.2 Å². The quantitative estimate of drug-likeness (QED) is 0.602. The van der Waals surface area contributed by atoms with Crippen LogP contribution in [0.2, 0.25) is 0 Å². The fourth-order valence-corrected chi connectivity index (χ4v) is 4.25. The van der Waals surface area contributed by atoms with Gasteiger partial charge < -0.3 is 24.7 Å². The summed E-state index contributed by atoms with van der Waals surface area (Å²) < 4.78 is 11.1. The van der Waals surface area contributed by atoms with Gasteiger partial charge in [0.2, 0.25) is 0 Å². The summed E-state index contributed by atoms with van der Waals surface area (Å²) >= 11 is 0. The van der Waals surface area contributed by atoms with E-state index in [4.69, 9.17) is 9.47 Å². The monoisotopic (exact) mass is 435 g/mol. The van der Waals surface area contributed by atoms with E-state index in [-0.39, 0.29) is 24.2 Å². The van der Waals surface area contributed by atoms with Gasteiger partial charge in [-0.3, -0.25) is 4.79 Å². The maximum absolute atomic E-state index is 13.2. The van der Waals surface area contributed by atoms with E-state index in [1.54, 1.807) is 24.1 Å². The Morgan fingerprint density at radius 3 is 2.81 bits per heavy atom. The highest BCUT2D eigenvalue weighted by Gasteiger charge is 2.24. The Balaban J connectivity index is 1.64. The van der Waals surface area contributed by atoms with Gasteiger partial charge in [-0.15, -0.1) is 0 Å². The number of aromatic amines is 1. The number of methoxy groups -OCH3 is 1. The smallest absolute Gasteiger partial charge is 0.322 e. The SMILES string of the molecule is COc1ccccc1NC(=O)N(Cc1cc2cc(C)cc(C)c2[nH]c1=O)CC1CCCO1. The number of anilines is 1. The van der Waals surface area contributed by atoms with Crippen LogP contribution in [-0.4, -0.2) is 42.3 Å². The van der Waals surface area contributed by atoms with Crippen molar-refractivity contribution in [2.75, 3.05) is 25.6 Å². The number of H-pyrrole nitrogens is 1. The molecule has 1 unspecified atom stereocenters. The number of aryl methyl sites for hydroxylation is 2. The molecule has 2 amide bonds. The third-order valence-corrected chi connectivity index (χ3v) is 5.82. The normalized spacial score (nSPS) is 15.7. The first-order valence-electron chi connectivity index (χ1n) is 10.9. The highest BCUT2D eigenvalue weighted by Crippen LogP contribution is 2.24. The number of hydrogen-bond acceptors (Lipinski definition) is 4. The summed E-state index contributed by atoms with van der Waals surface area (Å²) in [7, 11) is 1.56. The number of benzene rings is 2. The Morgan fingerprint density at radius 1 is 1.25 bits per heavy atom. The number of fused-ring (bicyclic) bond motifs is 1. The molecular formula is C25H29N3O4. The number of urea groups is 1. The predicted octanol–water partition coefficient (Wildman–Crippen LogP) is 4.37. The van der Waals surface area contributed by atoms with Crippen molar-refractivity contribution in [3.63, 3.8) is 0 Å². The molecule has 0 radical (unpaired) electrons. The second-order valence-corrected chi connectivity index (χ2v) is 8.32. The largest absolute Gasteiger partial charge is 0.495 e. The third kappa shape index (κ3) is 4.78. The average Bonchev–Trinajstić information content (AvgIpc) is 3.28. The molecule has 1 atom stereocenters. The van der Waals surface area contributed by atoms with Gasteiger partial charge in [-0.25, -0.2) is 4.79 Å². The minimum atomic E-state index is -0.301. The molecule has 3 aromatic rings. The zero-order valence-corrected chi connectivity index (χ0v) is 18.7. The molecule has 2 heterocycles. The zero-order chi connectivity index (χ0) is 22.7. The molecule has 1 fully saturated rings. The summed E-state index contributed by atoms with van der Waals surface area (Å²) in [5.41, 5.74) is 3.90. The maximum atomic E-state index is 13.2.